The number of hydrogen-bond acceptors (Lipinski definition) is 4. The average Bonchev–Trinajstić information content (AvgIpc) is 3.46. The van der Waals surface area contributed by atoms with Gasteiger partial charge in [0.25, 0.3) is 0 Å². The van der Waals surface area contributed by atoms with Crippen LogP contribution in [0.4, 0.5) is 4.39 Å². The Morgan fingerprint density at radius 3 is 2.88 bits per heavy atom. The summed E-state index contributed by atoms with van der Waals surface area (Å²) in [5.41, 5.74) is 2.49. The Labute approximate surface area is 193 Å². The fraction of sp³-hybridized carbons (Fsp3) is 0.385. The lowest BCUT2D eigenvalue weighted by Crippen LogP contribution is -2.39. The highest BCUT2D eigenvalue weighted by Gasteiger charge is 2.23. The largest absolute Gasteiger partial charge is 0.493 e. The molecule has 0 unspecified atom stereocenters. The average molecular weight is 452 g/mol. The molecular formula is C26H30FN3O3. The fourth-order valence-corrected chi connectivity index (χ4v) is 4.01. The first-order valence-electron chi connectivity index (χ1n) is 11.4. The lowest BCUT2D eigenvalue weighted by Gasteiger charge is -2.26. The van der Waals surface area contributed by atoms with Crippen LogP contribution in [0.15, 0.2) is 60.8 Å². The van der Waals surface area contributed by atoms with Crippen molar-refractivity contribution in [1.29, 1.82) is 0 Å². The van der Waals surface area contributed by atoms with Crippen LogP contribution in [0.5, 0.6) is 5.75 Å². The molecule has 1 aliphatic heterocycles. The van der Waals surface area contributed by atoms with Crippen molar-refractivity contribution in [1.82, 2.24) is 14.7 Å². The number of hydrogen-bond donors (Lipinski definition) is 0. The van der Waals surface area contributed by atoms with E-state index in [4.69, 9.17) is 9.47 Å². The van der Waals surface area contributed by atoms with E-state index in [1.54, 1.807) is 16.8 Å². The van der Waals surface area contributed by atoms with E-state index in [0.717, 1.165) is 30.7 Å². The standard InChI is InChI=1S/C26H30FN3O3/c1-20-11-13-30(28-20)19-26(31)29(18-24-9-5-14-32-24)17-21-6-4-8-23(16-21)33-15-12-22-7-2-3-10-25(22)27/h2-4,6-8,10-11,13,16,24H,5,9,12,14-15,17-19H2,1H3/t24-/m1/s1. The van der Waals surface area contributed by atoms with Crippen LogP contribution < -0.4 is 4.74 Å². The van der Waals surface area contributed by atoms with E-state index >= 15 is 0 Å². The number of aryl methyl sites for hydroxylation is 1. The molecule has 2 heterocycles. The highest BCUT2D eigenvalue weighted by Crippen LogP contribution is 2.19. The van der Waals surface area contributed by atoms with E-state index in [0.29, 0.717) is 37.4 Å². The topological polar surface area (TPSA) is 56.6 Å². The zero-order valence-electron chi connectivity index (χ0n) is 19.0. The molecule has 4 rings (SSSR count). The molecule has 7 heteroatoms. The van der Waals surface area contributed by atoms with Gasteiger partial charge in [0.15, 0.2) is 0 Å². The second-order valence-corrected chi connectivity index (χ2v) is 8.40. The van der Waals surface area contributed by atoms with Gasteiger partial charge >= 0.3 is 0 Å². The van der Waals surface area contributed by atoms with Crippen molar-refractivity contribution >= 4 is 5.91 Å². The molecule has 2 aromatic carbocycles. The number of rotatable bonds is 10. The summed E-state index contributed by atoms with van der Waals surface area (Å²) >= 11 is 0. The van der Waals surface area contributed by atoms with Crippen LogP contribution in [0, 0.1) is 12.7 Å². The first-order chi connectivity index (χ1) is 16.1. The smallest absolute Gasteiger partial charge is 0.244 e. The van der Waals surface area contributed by atoms with E-state index in [1.807, 2.05) is 54.4 Å². The van der Waals surface area contributed by atoms with E-state index in [1.165, 1.54) is 6.07 Å². The molecule has 6 nitrogen and oxygen atoms in total. The normalized spacial score (nSPS) is 15.5. The molecule has 33 heavy (non-hydrogen) atoms. The Balaban J connectivity index is 1.39. The lowest BCUT2D eigenvalue weighted by molar-refractivity contribution is -0.134. The van der Waals surface area contributed by atoms with Gasteiger partial charge in [0.1, 0.15) is 18.1 Å². The first kappa shape index (κ1) is 23.0. The third-order valence-electron chi connectivity index (χ3n) is 5.74. The summed E-state index contributed by atoms with van der Waals surface area (Å²) in [7, 11) is 0. The minimum Gasteiger partial charge on any atom is -0.493 e. The third-order valence-corrected chi connectivity index (χ3v) is 5.74. The zero-order chi connectivity index (χ0) is 23.0. The third kappa shape index (κ3) is 6.65. The van der Waals surface area contributed by atoms with Gasteiger partial charge in [0.05, 0.1) is 18.4 Å². The van der Waals surface area contributed by atoms with Crippen molar-refractivity contribution in [2.75, 3.05) is 19.8 Å². The van der Waals surface area contributed by atoms with Crippen molar-refractivity contribution in [3.8, 4) is 5.75 Å². The van der Waals surface area contributed by atoms with Gasteiger partial charge in [0, 0.05) is 32.3 Å². The summed E-state index contributed by atoms with van der Waals surface area (Å²) in [5.74, 6) is 0.487. The first-order valence-corrected chi connectivity index (χ1v) is 11.4. The van der Waals surface area contributed by atoms with Gasteiger partial charge in [-0.05, 0) is 55.2 Å². The van der Waals surface area contributed by atoms with E-state index in [-0.39, 0.29) is 24.4 Å². The number of amides is 1. The van der Waals surface area contributed by atoms with Gasteiger partial charge in [-0.3, -0.25) is 9.48 Å². The quantitative estimate of drug-likeness (QED) is 0.465. The number of carbonyl (C=O) groups is 1. The Morgan fingerprint density at radius 2 is 2.12 bits per heavy atom. The molecule has 1 aliphatic rings. The van der Waals surface area contributed by atoms with Crippen LogP contribution in [-0.4, -0.2) is 46.5 Å². The minimum atomic E-state index is -0.217. The summed E-state index contributed by atoms with van der Waals surface area (Å²) in [5, 5.41) is 4.34. The second-order valence-electron chi connectivity index (χ2n) is 8.40. The van der Waals surface area contributed by atoms with Gasteiger partial charge < -0.3 is 14.4 Å². The zero-order valence-corrected chi connectivity index (χ0v) is 19.0. The number of aromatic nitrogens is 2. The van der Waals surface area contributed by atoms with Crippen LogP contribution >= 0.6 is 0 Å². The molecule has 0 spiro atoms. The fourth-order valence-electron chi connectivity index (χ4n) is 4.01. The number of halogens is 1. The molecule has 0 aliphatic carbocycles. The second kappa shape index (κ2) is 11.1. The Kier molecular flexibility index (Phi) is 7.73. The van der Waals surface area contributed by atoms with Gasteiger partial charge in [-0.2, -0.15) is 5.10 Å². The Bertz CT molecular complexity index is 1060. The molecule has 0 saturated carbocycles. The molecule has 1 amide bonds. The molecule has 1 fully saturated rings. The molecule has 174 valence electrons. The molecular weight excluding hydrogens is 421 g/mol. The van der Waals surface area contributed by atoms with Crippen LogP contribution in [0.1, 0.15) is 29.7 Å². The SMILES string of the molecule is Cc1ccn(CC(=O)N(Cc2cccc(OCCc3ccccc3F)c2)C[C@H]2CCCO2)n1. The van der Waals surface area contributed by atoms with Gasteiger partial charge in [0.2, 0.25) is 5.91 Å². The monoisotopic (exact) mass is 451 g/mol. The molecule has 1 aromatic heterocycles. The minimum absolute atomic E-state index is 0.000487. The highest BCUT2D eigenvalue weighted by molar-refractivity contribution is 5.76. The Morgan fingerprint density at radius 1 is 1.24 bits per heavy atom. The summed E-state index contributed by atoms with van der Waals surface area (Å²) in [6.07, 6.45) is 4.36. The van der Waals surface area contributed by atoms with Gasteiger partial charge in [-0.1, -0.05) is 30.3 Å². The predicted molar refractivity (Wildman–Crippen MR) is 123 cm³/mol. The highest BCUT2D eigenvalue weighted by atomic mass is 19.1. The lowest BCUT2D eigenvalue weighted by atomic mass is 10.1. The molecule has 1 atom stereocenters. The van der Waals surface area contributed by atoms with Crippen molar-refractivity contribution in [2.24, 2.45) is 0 Å². The van der Waals surface area contributed by atoms with Crippen LogP contribution in [-0.2, 0) is 29.0 Å². The summed E-state index contributed by atoms with van der Waals surface area (Å²) < 4.78 is 27.1. The maximum Gasteiger partial charge on any atom is 0.244 e. The predicted octanol–water partition coefficient (Wildman–Crippen LogP) is 4.16. The van der Waals surface area contributed by atoms with Crippen LogP contribution in [0.25, 0.3) is 0 Å². The maximum absolute atomic E-state index is 13.8. The van der Waals surface area contributed by atoms with Crippen molar-refractivity contribution in [3.63, 3.8) is 0 Å². The number of nitrogens with zero attached hydrogens (tertiary/aromatic N) is 3. The van der Waals surface area contributed by atoms with E-state index in [9.17, 15) is 9.18 Å². The number of ether oxygens (including phenoxy) is 2. The summed E-state index contributed by atoms with van der Waals surface area (Å²) in [6.45, 7) is 4.24. The van der Waals surface area contributed by atoms with Crippen molar-refractivity contribution in [2.45, 2.75) is 45.4 Å². The Hall–Kier alpha value is -3.19. The molecule has 3 aromatic rings. The maximum atomic E-state index is 13.8. The van der Waals surface area contributed by atoms with Crippen LogP contribution in [0.2, 0.25) is 0 Å². The van der Waals surface area contributed by atoms with Crippen molar-refractivity contribution < 1.29 is 18.7 Å². The molecule has 0 N–H and O–H groups in total. The van der Waals surface area contributed by atoms with Crippen molar-refractivity contribution in [3.05, 3.63) is 83.4 Å². The number of carbonyl (C=O) groups excluding carboxylic acids is 1. The summed E-state index contributed by atoms with van der Waals surface area (Å²) in [4.78, 5) is 14.9. The summed E-state index contributed by atoms with van der Waals surface area (Å²) in [6, 6.07) is 16.3. The van der Waals surface area contributed by atoms with E-state index in [2.05, 4.69) is 5.10 Å². The van der Waals surface area contributed by atoms with Gasteiger partial charge in [-0.15, -0.1) is 0 Å². The molecule has 0 radical (unpaired) electrons. The molecule has 1 saturated heterocycles. The van der Waals surface area contributed by atoms with Crippen LogP contribution in [0.3, 0.4) is 0 Å². The van der Waals surface area contributed by atoms with Gasteiger partial charge in [-0.25, -0.2) is 4.39 Å². The van der Waals surface area contributed by atoms with E-state index < -0.39 is 0 Å². The molecule has 0 bridgehead atoms. The number of benzene rings is 2.